The Morgan fingerprint density at radius 3 is 2.75 bits per heavy atom. The molecule has 0 aromatic carbocycles. The average molecular weight is 428 g/mol. The molecule has 0 radical (unpaired) electrons. The number of aryl methyl sites for hydroxylation is 2. The van der Waals surface area contributed by atoms with Gasteiger partial charge in [-0.25, -0.2) is 9.97 Å². The third-order valence-electron chi connectivity index (χ3n) is 4.63. The molecular weight excluding hydrogens is 408 g/mol. The predicted molar refractivity (Wildman–Crippen MR) is 119 cm³/mol. The maximum atomic E-state index is 11.9. The summed E-state index contributed by atoms with van der Waals surface area (Å²) in [6.07, 6.45) is 4.76. The van der Waals surface area contributed by atoms with E-state index in [0.717, 1.165) is 5.56 Å². The van der Waals surface area contributed by atoms with Crippen LogP contribution in [0, 0.1) is 13.5 Å². The summed E-state index contributed by atoms with van der Waals surface area (Å²) in [6.45, 7) is 11.3. The number of amides is 1. The molecule has 32 heavy (non-hydrogen) atoms. The van der Waals surface area contributed by atoms with Crippen molar-refractivity contribution in [2.45, 2.75) is 13.8 Å². The van der Waals surface area contributed by atoms with Crippen LogP contribution >= 0.6 is 0 Å². The van der Waals surface area contributed by atoms with Crippen molar-refractivity contribution in [2.75, 3.05) is 11.9 Å². The zero-order valence-corrected chi connectivity index (χ0v) is 17.7. The van der Waals surface area contributed by atoms with Crippen molar-refractivity contribution >= 4 is 34.3 Å². The van der Waals surface area contributed by atoms with E-state index in [9.17, 15) is 4.79 Å². The zero-order valence-electron chi connectivity index (χ0n) is 17.7. The number of hydrogen-bond acceptors (Lipinski definition) is 7. The van der Waals surface area contributed by atoms with Gasteiger partial charge in [0, 0.05) is 19.7 Å². The molecule has 10 nitrogen and oxygen atoms in total. The Hall–Kier alpha value is -4.52. The van der Waals surface area contributed by atoms with E-state index in [1.807, 2.05) is 20.9 Å². The van der Waals surface area contributed by atoms with Crippen molar-refractivity contribution in [3.05, 3.63) is 65.7 Å². The number of pyridine rings is 3. The lowest BCUT2D eigenvalue weighted by molar-refractivity contribution is 0.0951. The summed E-state index contributed by atoms with van der Waals surface area (Å²) in [4.78, 5) is 32.5. The lowest BCUT2D eigenvalue weighted by atomic mass is 10.2. The number of fused-ring (bicyclic) bond motifs is 1. The molecule has 1 amide bonds. The Bertz CT molecular complexity index is 1340. The van der Waals surface area contributed by atoms with E-state index in [-0.39, 0.29) is 5.91 Å². The average Bonchev–Trinajstić information content (AvgIpc) is 3.17. The van der Waals surface area contributed by atoms with Crippen LogP contribution in [0.5, 0.6) is 11.6 Å². The van der Waals surface area contributed by atoms with Crippen molar-refractivity contribution in [3.8, 4) is 11.6 Å². The first-order valence-electron chi connectivity index (χ1n) is 9.83. The number of hydrogen-bond donors (Lipinski definition) is 2. The van der Waals surface area contributed by atoms with Gasteiger partial charge in [0.1, 0.15) is 11.2 Å². The van der Waals surface area contributed by atoms with Gasteiger partial charge in [0.2, 0.25) is 5.88 Å². The minimum absolute atomic E-state index is 0.223. The van der Waals surface area contributed by atoms with Crippen LogP contribution in [0.1, 0.15) is 23.0 Å². The number of carbonyl (C=O) groups excluding carboxylic acids is 1. The van der Waals surface area contributed by atoms with Crippen LogP contribution in [0.3, 0.4) is 0 Å². The van der Waals surface area contributed by atoms with Gasteiger partial charge in [-0.3, -0.25) is 4.79 Å². The third kappa shape index (κ3) is 4.17. The fourth-order valence-electron chi connectivity index (χ4n) is 3.04. The van der Waals surface area contributed by atoms with Gasteiger partial charge in [0.05, 0.1) is 23.9 Å². The summed E-state index contributed by atoms with van der Waals surface area (Å²) in [5.41, 5.74) is 3.75. The molecule has 0 saturated carbocycles. The van der Waals surface area contributed by atoms with Crippen molar-refractivity contribution in [1.82, 2.24) is 29.8 Å². The maximum absolute atomic E-state index is 11.9. The molecular formula is C22H20N8O2. The van der Waals surface area contributed by atoms with Crippen molar-refractivity contribution in [1.29, 1.82) is 0 Å². The third-order valence-corrected chi connectivity index (χ3v) is 4.63. The number of rotatable bonds is 6. The van der Waals surface area contributed by atoms with Gasteiger partial charge in [0.15, 0.2) is 17.6 Å². The van der Waals surface area contributed by atoms with Crippen LogP contribution in [0.2, 0.25) is 0 Å². The summed E-state index contributed by atoms with van der Waals surface area (Å²) in [7, 11) is 1.84. The molecule has 0 aliphatic heterocycles. The van der Waals surface area contributed by atoms with Crippen LogP contribution in [0.25, 0.3) is 16.0 Å². The molecule has 0 aliphatic rings. The van der Waals surface area contributed by atoms with E-state index in [4.69, 9.17) is 11.3 Å². The molecule has 4 aromatic rings. The number of nitrogens with zero attached hydrogens (tertiary/aromatic N) is 6. The Labute approximate surface area is 184 Å². The first-order valence-corrected chi connectivity index (χ1v) is 9.83. The van der Waals surface area contributed by atoms with E-state index in [0.29, 0.717) is 52.2 Å². The van der Waals surface area contributed by atoms with Crippen LogP contribution in [-0.4, -0.2) is 37.0 Å². The van der Waals surface area contributed by atoms with Gasteiger partial charge >= 0.3 is 0 Å². The molecule has 160 valence electrons. The summed E-state index contributed by atoms with van der Waals surface area (Å²) in [5, 5.41) is 5.99. The van der Waals surface area contributed by atoms with E-state index in [1.165, 1.54) is 6.20 Å². The molecule has 0 spiro atoms. The van der Waals surface area contributed by atoms with Gasteiger partial charge in [-0.2, -0.15) is 4.98 Å². The molecule has 4 heterocycles. The monoisotopic (exact) mass is 428 g/mol. The predicted octanol–water partition coefficient (Wildman–Crippen LogP) is 3.90. The highest BCUT2D eigenvalue weighted by atomic mass is 16.5. The number of aromatic nitrogens is 5. The van der Waals surface area contributed by atoms with Crippen molar-refractivity contribution in [3.63, 3.8) is 0 Å². The molecule has 0 bridgehead atoms. The summed E-state index contributed by atoms with van der Waals surface area (Å²) >= 11 is 0. The van der Waals surface area contributed by atoms with Gasteiger partial charge in [-0.1, -0.05) is 6.57 Å². The van der Waals surface area contributed by atoms with Crippen molar-refractivity contribution in [2.24, 2.45) is 7.05 Å². The Kier molecular flexibility index (Phi) is 5.63. The van der Waals surface area contributed by atoms with Gasteiger partial charge in [-0.05, 0) is 37.6 Å². The van der Waals surface area contributed by atoms with E-state index in [1.54, 1.807) is 41.4 Å². The highest BCUT2D eigenvalue weighted by Gasteiger charge is 2.14. The summed E-state index contributed by atoms with van der Waals surface area (Å²) in [6, 6.07) is 6.81. The smallest absolute Gasteiger partial charge is 0.269 e. The molecule has 0 saturated heterocycles. The number of carbonyl (C=O) groups is 1. The van der Waals surface area contributed by atoms with Gasteiger partial charge in [-0.15, -0.1) is 4.98 Å². The molecule has 0 fully saturated rings. The summed E-state index contributed by atoms with van der Waals surface area (Å²) in [5.74, 6) is 0.927. The second-order valence-electron chi connectivity index (χ2n) is 6.97. The topological polar surface area (TPSA) is 111 Å². The van der Waals surface area contributed by atoms with E-state index in [2.05, 4.69) is 35.4 Å². The SMILES string of the molecule is [C-]#[N+]c1cc(C)c(Oc2cc(Nc3ccc(C(=O)NCC)nc3)c3ncn(C)c3n2)cn1. The van der Waals surface area contributed by atoms with Gasteiger partial charge < -0.3 is 24.8 Å². The normalized spacial score (nSPS) is 10.6. The maximum Gasteiger partial charge on any atom is 0.269 e. The van der Waals surface area contributed by atoms with Crippen molar-refractivity contribution < 1.29 is 9.53 Å². The highest BCUT2D eigenvalue weighted by Crippen LogP contribution is 2.31. The first-order chi connectivity index (χ1) is 15.5. The quantitative estimate of drug-likeness (QED) is 0.448. The minimum atomic E-state index is -0.223. The van der Waals surface area contributed by atoms with Crippen LogP contribution in [0.4, 0.5) is 17.2 Å². The zero-order chi connectivity index (χ0) is 22.7. The lowest BCUT2D eigenvalue weighted by Crippen LogP contribution is -2.23. The van der Waals surface area contributed by atoms with Crippen LogP contribution in [0.15, 0.2) is 43.0 Å². The second kappa shape index (κ2) is 8.69. The molecule has 0 unspecified atom stereocenters. The van der Waals surface area contributed by atoms with E-state index < -0.39 is 0 Å². The molecule has 4 aromatic heterocycles. The number of ether oxygens (including phenoxy) is 1. The summed E-state index contributed by atoms with van der Waals surface area (Å²) < 4.78 is 7.76. The Morgan fingerprint density at radius 2 is 2.06 bits per heavy atom. The molecule has 0 aliphatic carbocycles. The largest absolute Gasteiger partial charge is 0.435 e. The number of anilines is 2. The van der Waals surface area contributed by atoms with Crippen LogP contribution < -0.4 is 15.4 Å². The fourth-order valence-corrected chi connectivity index (χ4v) is 3.04. The van der Waals surface area contributed by atoms with E-state index >= 15 is 0 Å². The molecule has 4 rings (SSSR count). The number of imidazole rings is 1. The highest BCUT2D eigenvalue weighted by molar-refractivity contribution is 5.93. The second-order valence-corrected chi connectivity index (χ2v) is 6.97. The lowest BCUT2D eigenvalue weighted by Gasteiger charge is -2.11. The Balaban J connectivity index is 1.66. The van der Waals surface area contributed by atoms with Crippen LogP contribution in [-0.2, 0) is 7.05 Å². The number of nitrogens with one attached hydrogen (secondary N) is 2. The first kappa shape index (κ1) is 20.7. The standard InChI is InChI=1S/C22H20N8O2/c1-5-24-22(31)15-7-6-14(10-25-15)28-16-9-19(29-21-20(16)27-12-30(21)4)32-17-11-26-18(23-3)8-13(17)2/h6-12H,5H2,1-2,4H3,(H,24,31)(H,28,29). The fraction of sp³-hybridized carbons (Fsp3) is 0.182. The molecule has 0 atom stereocenters. The molecule has 2 N–H and O–H groups in total. The minimum Gasteiger partial charge on any atom is -0.435 e. The Morgan fingerprint density at radius 1 is 1.22 bits per heavy atom. The molecule has 10 heteroatoms. The van der Waals surface area contributed by atoms with Gasteiger partial charge in [0.25, 0.3) is 11.7 Å².